The fourth-order valence-electron chi connectivity index (χ4n) is 1.20. The quantitative estimate of drug-likeness (QED) is 0.845. The van der Waals surface area contributed by atoms with Crippen molar-refractivity contribution in [2.24, 2.45) is 5.73 Å². The van der Waals surface area contributed by atoms with Gasteiger partial charge in [-0.25, -0.2) is 0 Å². The van der Waals surface area contributed by atoms with Gasteiger partial charge in [0, 0.05) is 10.6 Å². The summed E-state index contributed by atoms with van der Waals surface area (Å²) in [6.45, 7) is 4.74. The standard InChI is InChI=1S/C13H19ClN2OS/c1-13(2,16(3)4)8-17-11-6-5-9(14)7-10(11)12(15)18/h5-7H,8H2,1-4H3,(H2,15,18). The van der Waals surface area contributed by atoms with Gasteiger partial charge in [-0.3, -0.25) is 0 Å². The molecule has 0 aliphatic rings. The maximum atomic E-state index is 5.92. The first-order valence-corrected chi connectivity index (χ1v) is 6.42. The molecule has 0 aliphatic heterocycles. The van der Waals surface area contributed by atoms with Crippen molar-refractivity contribution in [3.63, 3.8) is 0 Å². The molecule has 3 nitrogen and oxygen atoms in total. The fourth-order valence-corrected chi connectivity index (χ4v) is 1.54. The second-order valence-corrected chi connectivity index (χ2v) is 5.88. The van der Waals surface area contributed by atoms with Gasteiger partial charge in [0.05, 0.1) is 5.56 Å². The Labute approximate surface area is 119 Å². The van der Waals surface area contributed by atoms with Crippen LogP contribution in [0.2, 0.25) is 5.02 Å². The SMILES string of the molecule is CN(C)C(C)(C)COc1ccc(Cl)cc1C(N)=S. The van der Waals surface area contributed by atoms with Crippen LogP contribution in [0.3, 0.4) is 0 Å². The molecule has 0 heterocycles. The van der Waals surface area contributed by atoms with E-state index < -0.39 is 0 Å². The number of thiocarbonyl (C=S) groups is 1. The van der Waals surface area contributed by atoms with E-state index >= 15 is 0 Å². The molecule has 2 N–H and O–H groups in total. The Morgan fingerprint density at radius 1 is 1.44 bits per heavy atom. The van der Waals surface area contributed by atoms with Crippen LogP contribution in [0.4, 0.5) is 0 Å². The van der Waals surface area contributed by atoms with Crippen LogP contribution in [0.15, 0.2) is 18.2 Å². The molecule has 1 aromatic carbocycles. The zero-order valence-electron chi connectivity index (χ0n) is 11.2. The molecule has 18 heavy (non-hydrogen) atoms. The summed E-state index contributed by atoms with van der Waals surface area (Å²) in [4.78, 5) is 2.39. The average molecular weight is 287 g/mol. The number of benzene rings is 1. The average Bonchev–Trinajstić information content (AvgIpc) is 2.27. The van der Waals surface area contributed by atoms with Gasteiger partial charge in [-0.05, 0) is 46.1 Å². The summed E-state index contributed by atoms with van der Waals surface area (Å²) >= 11 is 10.9. The van der Waals surface area contributed by atoms with Crippen LogP contribution in [0.5, 0.6) is 5.75 Å². The summed E-state index contributed by atoms with van der Waals surface area (Å²) in [5.41, 5.74) is 6.26. The van der Waals surface area contributed by atoms with E-state index in [2.05, 4.69) is 18.7 Å². The first-order valence-electron chi connectivity index (χ1n) is 5.63. The second kappa shape index (κ2) is 5.87. The Morgan fingerprint density at radius 3 is 2.56 bits per heavy atom. The van der Waals surface area contributed by atoms with Crippen molar-refractivity contribution in [2.75, 3.05) is 20.7 Å². The molecular formula is C13H19ClN2OS. The summed E-state index contributed by atoms with van der Waals surface area (Å²) < 4.78 is 5.81. The van der Waals surface area contributed by atoms with Gasteiger partial charge in [0.25, 0.3) is 0 Å². The highest BCUT2D eigenvalue weighted by molar-refractivity contribution is 7.80. The third kappa shape index (κ3) is 3.83. The van der Waals surface area contributed by atoms with Crippen molar-refractivity contribution in [2.45, 2.75) is 19.4 Å². The lowest BCUT2D eigenvalue weighted by Crippen LogP contribution is -2.43. The molecule has 0 bridgehead atoms. The molecule has 0 amide bonds. The smallest absolute Gasteiger partial charge is 0.129 e. The largest absolute Gasteiger partial charge is 0.491 e. The van der Waals surface area contributed by atoms with E-state index in [-0.39, 0.29) is 10.5 Å². The molecule has 0 atom stereocenters. The Hall–Kier alpha value is -0.840. The van der Waals surface area contributed by atoms with E-state index in [1.165, 1.54) is 0 Å². The van der Waals surface area contributed by atoms with Gasteiger partial charge in [-0.1, -0.05) is 23.8 Å². The van der Waals surface area contributed by atoms with Crippen molar-refractivity contribution in [3.8, 4) is 5.75 Å². The summed E-state index contributed by atoms with van der Waals surface area (Å²) in [7, 11) is 4.03. The lowest BCUT2D eigenvalue weighted by Gasteiger charge is -2.32. The van der Waals surface area contributed by atoms with E-state index in [4.69, 9.17) is 34.3 Å². The third-order valence-corrected chi connectivity index (χ3v) is 3.45. The van der Waals surface area contributed by atoms with Gasteiger partial charge in [-0.2, -0.15) is 0 Å². The Morgan fingerprint density at radius 2 is 2.06 bits per heavy atom. The van der Waals surface area contributed by atoms with Crippen LogP contribution >= 0.6 is 23.8 Å². The predicted octanol–water partition coefficient (Wildman–Crippen LogP) is 2.69. The molecular weight excluding hydrogens is 268 g/mol. The van der Waals surface area contributed by atoms with E-state index in [9.17, 15) is 0 Å². The highest BCUT2D eigenvalue weighted by atomic mass is 35.5. The predicted molar refractivity (Wildman–Crippen MR) is 80.6 cm³/mol. The van der Waals surface area contributed by atoms with Crippen LogP contribution in [0, 0.1) is 0 Å². The monoisotopic (exact) mass is 286 g/mol. The second-order valence-electron chi connectivity index (χ2n) is 5.00. The van der Waals surface area contributed by atoms with E-state index in [0.717, 1.165) is 0 Å². The molecule has 100 valence electrons. The van der Waals surface area contributed by atoms with E-state index in [0.29, 0.717) is 22.9 Å². The molecule has 0 fully saturated rings. The number of halogens is 1. The first kappa shape index (κ1) is 15.2. The number of hydrogen-bond acceptors (Lipinski definition) is 3. The topological polar surface area (TPSA) is 38.5 Å². The zero-order valence-corrected chi connectivity index (χ0v) is 12.7. The molecule has 5 heteroatoms. The van der Waals surface area contributed by atoms with E-state index in [1.807, 2.05) is 14.1 Å². The number of nitrogens with two attached hydrogens (primary N) is 1. The molecule has 0 aliphatic carbocycles. The minimum Gasteiger partial charge on any atom is -0.491 e. The molecule has 0 radical (unpaired) electrons. The summed E-state index contributed by atoms with van der Waals surface area (Å²) in [6.07, 6.45) is 0. The fraction of sp³-hybridized carbons (Fsp3) is 0.462. The summed E-state index contributed by atoms with van der Waals surface area (Å²) in [6, 6.07) is 5.28. The van der Waals surface area contributed by atoms with Crippen molar-refractivity contribution in [3.05, 3.63) is 28.8 Å². The minimum absolute atomic E-state index is 0.0763. The third-order valence-electron chi connectivity index (χ3n) is 3.00. The molecule has 0 aromatic heterocycles. The van der Waals surface area contributed by atoms with Crippen molar-refractivity contribution >= 4 is 28.8 Å². The number of likely N-dealkylation sites (N-methyl/N-ethyl adjacent to an activating group) is 1. The van der Waals surface area contributed by atoms with Gasteiger partial charge in [-0.15, -0.1) is 0 Å². The van der Waals surface area contributed by atoms with Crippen LogP contribution in [0.1, 0.15) is 19.4 Å². The number of hydrogen-bond donors (Lipinski definition) is 1. The molecule has 0 saturated carbocycles. The highest BCUT2D eigenvalue weighted by Gasteiger charge is 2.22. The van der Waals surface area contributed by atoms with E-state index in [1.54, 1.807) is 18.2 Å². The van der Waals surface area contributed by atoms with Gasteiger partial charge < -0.3 is 15.4 Å². The van der Waals surface area contributed by atoms with Gasteiger partial charge >= 0.3 is 0 Å². The van der Waals surface area contributed by atoms with Crippen LogP contribution in [0.25, 0.3) is 0 Å². The molecule has 0 unspecified atom stereocenters. The summed E-state index contributed by atoms with van der Waals surface area (Å²) in [5.74, 6) is 0.668. The Bertz CT molecular complexity index is 447. The maximum Gasteiger partial charge on any atom is 0.129 e. The lowest BCUT2D eigenvalue weighted by atomic mass is 10.1. The minimum atomic E-state index is -0.0763. The van der Waals surface area contributed by atoms with Crippen LogP contribution in [-0.4, -0.2) is 36.1 Å². The summed E-state index contributed by atoms with van der Waals surface area (Å²) in [5, 5.41) is 0.594. The van der Waals surface area contributed by atoms with Crippen molar-refractivity contribution in [1.29, 1.82) is 0 Å². The molecule has 1 rings (SSSR count). The Kier molecular flexibility index (Phi) is 4.96. The number of rotatable bonds is 5. The molecule has 0 spiro atoms. The van der Waals surface area contributed by atoms with Gasteiger partial charge in [0.2, 0.25) is 0 Å². The normalized spacial score (nSPS) is 11.7. The highest BCUT2D eigenvalue weighted by Crippen LogP contribution is 2.24. The van der Waals surface area contributed by atoms with Gasteiger partial charge in [0.15, 0.2) is 0 Å². The lowest BCUT2D eigenvalue weighted by molar-refractivity contribution is 0.114. The Balaban J connectivity index is 2.89. The van der Waals surface area contributed by atoms with Crippen molar-refractivity contribution < 1.29 is 4.74 Å². The zero-order chi connectivity index (χ0) is 13.9. The van der Waals surface area contributed by atoms with Crippen LogP contribution in [-0.2, 0) is 0 Å². The number of ether oxygens (including phenoxy) is 1. The maximum absolute atomic E-state index is 5.92. The van der Waals surface area contributed by atoms with Gasteiger partial charge in [0.1, 0.15) is 17.3 Å². The van der Waals surface area contributed by atoms with Crippen molar-refractivity contribution in [1.82, 2.24) is 4.90 Å². The number of nitrogens with zero attached hydrogens (tertiary/aromatic N) is 1. The molecule has 1 aromatic rings. The van der Waals surface area contributed by atoms with Crippen LogP contribution < -0.4 is 10.5 Å². The first-order chi connectivity index (χ1) is 8.24. The molecule has 0 saturated heterocycles.